The molecule has 0 aliphatic carbocycles. The van der Waals surface area contributed by atoms with E-state index in [-0.39, 0.29) is 0 Å². The monoisotopic (exact) mass is 221 g/mol. The van der Waals surface area contributed by atoms with Crippen LogP contribution in [0.3, 0.4) is 0 Å². The topological polar surface area (TPSA) is 39.9 Å². The van der Waals surface area contributed by atoms with E-state index in [4.69, 9.17) is 4.74 Å². The first-order valence-electron chi connectivity index (χ1n) is 6.42. The van der Waals surface area contributed by atoms with Gasteiger partial charge in [0, 0.05) is 32.6 Å². The molecular weight excluding hydrogens is 202 g/mol. The van der Waals surface area contributed by atoms with Crippen LogP contribution < -0.4 is 0 Å². The summed E-state index contributed by atoms with van der Waals surface area (Å²) in [6.45, 7) is 2.89. The molecule has 1 saturated heterocycles. The molecule has 1 atom stereocenters. The predicted octanol–water partition coefficient (Wildman–Crippen LogP) is 1.58. The molecule has 1 aromatic heterocycles. The molecule has 0 N–H and O–H groups in total. The Kier molecular flexibility index (Phi) is 2.91. The maximum absolute atomic E-state index is 5.49. The van der Waals surface area contributed by atoms with Crippen molar-refractivity contribution in [2.75, 3.05) is 13.2 Å². The van der Waals surface area contributed by atoms with Crippen LogP contribution in [0.4, 0.5) is 0 Å². The van der Waals surface area contributed by atoms with Gasteiger partial charge < -0.3 is 4.74 Å². The summed E-state index contributed by atoms with van der Waals surface area (Å²) in [6.07, 6.45) is 7.09. The van der Waals surface area contributed by atoms with E-state index in [0.29, 0.717) is 5.92 Å². The minimum atomic E-state index is 0.637. The number of rotatable bonds is 2. The number of aromatic nitrogens is 3. The normalized spacial score (nSPS) is 25.4. The first kappa shape index (κ1) is 10.3. The summed E-state index contributed by atoms with van der Waals surface area (Å²) in [5.74, 6) is 2.86. The van der Waals surface area contributed by atoms with E-state index >= 15 is 0 Å². The highest BCUT2D eigenvalue weighted by Gasteiger charge is 2.19. The molecule has 0 radical (unpaired) electrons. The smallest absolute Gasteiger partial charge is 0.151 e. The van der Waals surface area contributed by atoms with Crippen LogP contribution in [0.2, 0.25) is 0 Å². The van der Waals surface area contributed by atoms with E-state index in [0.717, 1.165) is 38.4 Å². The number of aryl methyl sites for hydroxylation is 2. The van der Waals surface area contributed by atoms with Crippen LogP contribution in [0.25, 0.3) is 0 Å². The standard InChI is InChI=1S/C12H19N3O/c1-2-6-15-12(5-1)13-11(14-15)8-10-4-3-7-16-9-10/h10H,1-9H2. The quantitative estimate of drug-likeness (QED) is 0.761. The van der Waals surface area contributed by atoms with Gasteiger partial charge >= 0.3 is 0 Å². The van der Waals surface area contributed by atoms with E-state index in [1.807, 2.05) is 0 Å². The van der Waals surface area contributed by atoms with Crippen molar-refractivity contribution in [1.29, 1.82) is 0 Å². The summed E-state index contributed by atoms with van der Waals surface area (Å²) in [4.78, 5) is 4.64. The van der Waals surface area contributed by atoms with Crippen molar-refractivity contribution in [3.8, 4) is 0 Å². The summed E-state index contributed by atoms with van der Waals surface area (Å²) in [7, 11) is 0. The Morgan fingerprint density at radius 2 is 2.31 bits per heavy atom. The molecule has 1 aromatic rings. The lowest BCUT2D eigenvalue weighted by Gasteiger charge is -2.20. The second kappa shape index (κ2) is 4.53. The van der Waals surface area contributed by atoms with Gasteiger partial charge in [-0.3, -0.25) is 0 Å². The number of ether oxygens (including phenoxy) is 1. The molecule has 0 amide bonds. The van der Waals surface area contributed by atoms with Gasteiger partial charge in [-0.05, 0) is 31.6 Å². The lowest BCUT2D eigenvalue weighted by molar-refractivity contribution is 0.0543. The van der Waals surface area contributed by atoms with Crippen molar-refractivity contribution in [1.82, 2.24) is 14.8 Å². The van der Waals surface area contributed by atoms with Gasteiger partial charge in [0.2, 0.25) is 0 Å². The zero-order chi connectivity index (χ0) is 10.8. The molecular formula is C12H19N3O. The third-order valence-corrected chi connectivity index (χ3v) is 3.54. The summed E-state index contributed by atoms with van der Waals surface area (Å²) >= 11 is 0. The summed E-state index contributed by atoms with van der Waals surface area (Å²) < 4.78 is 7.59. The SMILES string of the molecule is C1CCn2nc(CC3CCCOC3)nc2C1. The summed E-state index contributed by atoms with van der Waals surface area (Å²) in [6, 6.07) is 0. The fourth-order valence-electron chi connectivity index (χ4n) is 2.65. The second-order valence-corrected chi connectivity index (χ2v) is 4.91. The Hall–Kier alpha value is -0.900. The minimum absolute atomic E-state index is 0.637. The summed E-state index contributed by atoms with van der Waals surface area (Å²) in [5, 5.41) is 4.59. The molecule has 1 unspecified atom stereocenters. The van der Waals surface area contributed by atoms with Gasteiger partial charge in [0.05, 0.1) is 0 Å². The number of hydrogen-bond donors (Lipinski definition) is 0. The van der Waals surface area contributed by atoms with Crippen molar-refractivity contribution in [2.24, 2.45) is 5.92 Å². The van der Waals surface area contributed by atoms with Crippen LogP contribution in [0, 0.1) is 5.92 Å². The van der Waals surface area contributed by atoms with Crippen LogP contribution in [-0.2, 0) is 24.1 Å². The van der Waals surface area contributed by atoms with Crippen LogP contribution >= 0.6 is 0 Å². The van der Waals surface area contributed by atoms with Crippen molar-refractivity contribution >= 4 is 0 Å². The van der Waals surface area contributed by atoms with Crippen LogP contribution in [-0.4, -0.2) is 28.0 Å². The largest absolute Gasteiger partial charge is 0.381 e. The molecule has 0 saturated carbocycles. The third-order valence-electron chi connectivity index (χ3n) is 3.54. The minimum Gasteiger partial charge on any atom is -0.381 e. The van der Waals surface area contributed by atoms with E-state index in [2.05, 4.69) is 14.8 Å². The molecule has 1 fully saturated rings. The average molecular weight is 221 g/mol. The maximum atomic E-state index is 5.49. The van der Waals surface area contributed by atoms with Crippen molar-refractivity contribution in [3.63, 3.8) is 0 Å². The molecule has 4 heteroatoms. The fourth-order valence-corrected chi connectivity index (χ4v) is 2.65. The van der Waals surface area contributed by atoms with E-state index in [1.165, 1.54) is 31.5 Å². The van der Waals surface area contributed by atoms with Gasteiger partial charge in [-0.15, -0.1) is 0 Å². The zero-order valence-corrected chi connectivity index (χ0v) is 9.69. The van der Waals surface area contributed by atoms with Gasteiger partial charge in [-0.25, -0.2) is 9.67 Å². The van der Waals surface area contributed by atoms with Crippen molar-refractivity contribution < 1.29 is 4.74 Å². The number of nitrogens with zero attached hydrogens (tertiary/aromatic N) is 3. The highest BCUT2D eigenvalue weighted by Crippen LogP contribution is 2.19. The van der Waals surface area contributed by atoms with E-state index in [1.54, 1.807) is 0 Å². The van der Waals surface area contributed by atoms with Gasteiger partial charge in [0.15, 0.2) is 5.82 Å². The van der Waals surface area contributed by atoms with E-state index in [9.17, 15) is 0 Å². The maximum Gasteiger partial charge on any atom is 0.151 e. The highest BCUT2D eigenvalue weighted by atomic mass is 16.5. The van der Waals surface area contributed by atoms with Crippen LogP contribution in [0.15, 0.2) is 0 Å². The summed E-state index contributed by atoms with van der Waals surface area (Å²) in [5.41, 5.74) is 0. The highest BCUT2D eigenvalue weighted by molar-refractivity contribution is 4.97. The molecule has 2 aliphatic heterocycles. The number of fused-ring (bicyclic) bond motifs is 1. The van der Waals surface area contributed by atoms with E-state index < -0.39 is 0 Å². The third kappa shape index (κ3) is 2.12. The Bertz CT molecular complexity index is 332. The lowest BCUT2D eigenvalue weighted by Crippen LogP contribution is -2.19. The first-order chi connectivity index (χ1) is 7.92. The van der Waals surface area contributed by atoms with Gasteiger partial charge in [0.25, 0.3) is 0 Å². The molecule has 0 spiro atoms. The van der Waals surface area contributed by atoms with Gasteiger partial charge in [-0.2, -0.15) is 5.10 Å². The van der Waals surface area contributed by atoms with Gasteiger partial charge in [0.1, 0.15) is 5.82 Å². The molecule has 88 valence electrons. The first-order valence-corrected chi connectivity index (χ1v) is 6.42. The second-order valence-electron chi connectivity index (χ2n) is 4.91. The molecule has 2 aliphatic rings. The van der Waals surface area contributed by atoms with Crippen LogP contribution in [0.1, 0.15) is 37.3 Å². The lowest BCUT2D eigenvalue weighted by atomic mass is 9.98. The van der Waals surface area contributed by atoms with Crippen molar-refractivity contribution in [2.45, 2.75) is 45.1 Å². The zero-order valence-electron chi connectivity index (χ0n) is 9.69. The fraction of sp³-hybridized carbons (Fsp3) is 0.833. The average Bonchev–Trinajstić information content (AvgIpc) is 2.72. The Balaban J connectivity index is 1.67. The molecule has 16 heavy (non-hydrogen) atoms. The number of hydrogen-bond acceptors (Lipinski definition) is 3. The molecule has 4 nitrogen and oxygen atoms in total. The molecule has 0 bridgehead atoms. The van der Waals surface area contributed by atoms with Crippen LogP contribution in [0.5, 0.6) is 0 Å². The van der Waals surface area contributed by atoms with Crippen molar-refractivity contribution in [3.05, 3.63) is 11.6 Å². The predicted molar refractivity (Wildman–Crippen MR) is 60.2 cm³/mol. The molecule has 3 rings (SSSR count). The Morgan fingerprint density at radius 3 is 3.12 bits per heavy atom. The molecule has 3 heterocycles. The Labute approximate surface area is 96.0 Å². The Morgan fingerprint density at radius 1 is 1.31 bits per heavy atom. The molecule has 0 aromatic carbocycles. The van der Waals surface area contributed by atoms with Gasteiger partial charge in [-0.1, -0.05) is 0 Å².